The van der Waals surface area contributed by atoms with Gasteiger partial charge in [-0.3, -0.25) is 0 Å². The van der Waals surface area contributed by atoms with Gasteiger partial charge in [0.25, 0.3) is 0 Å². The second kappa shape index (κ2) is 15.6. The lowest BCUT2D eigenvalue weighted by atomic mass is 10.4. The van der Waals surface area contributed by atoms with Crippen molar-refractivity contribution in [1.82, 2.24) is 0 Å². The molecule has 0 aliphatic rings. The van der Waals surface area contributed by atoms with E-state index >= 15 is 0 Å². The number of nitrogens with two attached hydrogens (primary N) is 2. The minimum atomic E-state index is 0.719. The van der Waals surface area contributed by atoms with Crippen LogP contribution in [0.15, 0.2) is 12.7 Å². The highest BCUT2D eigenvalue weighted by molar-refractivity contribution is 4.60. The normalized spacial score (nSPS) is 7.44. The second-order valence-electron chi connectivity index (χ2n) is 1.63. The predicted molar refractivity (Wildman–Crippen MR) is 43.2 cm³/mol. The Kier molecular flexibility index (Phi) is 19.9. The first-order chi connectivity index (χ1) is 4.33. The third-order valence-electron chi connectivity index (χ3n) is 0.697. The zero-order chi connectivity index (χ0) is 7.54. The van der Waals surface area contributed by atoms with E-state index in [9.17, 15) is 0 Å². The van der Waals surface area contributed by atoms with Crippen LogP contribution in [0.1, 0.15) is 19.8 Å². The molecule has 0 aliphatic heterocycles. The van der Waals surface area contributed by atoms with Crippen molar-refractivity contribution >= 4 is 0 Å². The topological polar surface area (TPSA) is 52.0 Å². The monoisotopic (exact) mass is 130 g/mol. The molecular formula is C7H18N2. The maximum atomic E-state index is 5.06. The molecule has 9 heavy (non-hydrogen) atoms. The van der Waals surface area contributed by atoms with Crippen molar-refractivity contribution < 1.29 is 0 Å². The summed E-state index contributed by atoms with van der Waals surface area (Å²) in [6.45, 7) is 6.98. The van der Waals surface area contributed by atoms with E-state index in [-0.39, 0.29) is 0 Å². The van der Waals surface area contributed by atoms with Crippen molar-refractivity contribution in [3.05, 3.63) is 12.7 Å². The summed E-state index contributed by atoms with van der Waals surface area (Å²) in [5.41, 5.74) is 10.1. The highest BCUT2D eigenvalue weighted by Crippen LogP contribution is 1.66. The van der Waals surface area contributed by atoms with Gasteiger partial charge in [-0.25, -0.2) is 0 Å². The van der Waals surface area contributed by atoms with Crippen molar-refractivity contribution in [2.24, 2.45) is 11.5 Å². The summed E-state index contributed by atoms with van der Waals surface area (Å²) in [6.07, 6.45) is 3.90. The van der Waals surface area contributed by atoms with E-state index in [4.69, 9.17) is 11.5 Å². The van der Waals surface area contributed by atoms with Gasteiger partial charge in [0.2, 0.25) is 0 Å². The predicted octanol–water partition coefficient (Wildman–Crippen LogP) is 0.876. The van der Waals surface area contributed by atoms with Crippen LogP contribution < -0.4 is 11.5 Å². The molecule has 4 N–H and O–H groups in total. The summed E-state index contributed by atoms with van der Waals surface area (Å²) in [6, 6.07) is 0. The van der Waals surface area contributed by atoms with Gasteiger partial charge in [-0.15, -0.1) is 6.58 Å². The van der Waals surface area contributed by atoms with E-state index in [1.807, 2.05) is 6.08 Å². The summed E-state index contributed by atoms with van der Waals surface area (Å²) in [7, 11) is 0. The van der Waals surface area contributed by atoms with Gasteiger partial charge >= 0.3 is 0 Å². The lowest BCUT2D eigenvalue weighted by Crippen LogP contribution is -2.06. The van der Waals surface area contributed by atoms with E-state index in [0.717, 1.165) is 25.9 Å². The Balaban J connectivity index is 0. The summed E-state index contributed by atoms with van der Waals surface area (Å²) in [5, 5.41) is 0. The Morgan fingerprint density at radius 2 is 1.67 bits per heavy atom. The van der Waals surface area contributed by atoms with Crippen LogP contribution in [0.4, 0.5) is 0 Å². The molecule has 0 heterocycles. The van der Waals surface area contributed by atoms with E-state index in [0.29, 0.717) is 0 Å². The summed E-state index contributed by atoms with van der Waals surface area (Å²) in [4.78, 5) is 0. The third kappa shape index (κ3) is 34.7. The Hall–Kier alpha value is -0.340. The SMILES string of the molecule is C=CCC.NCCCN. The van der Waals surface area contributed by atoms with Crippen LogP contribution in [0.3, 0.4) is 0 Å². The smallest absolute Gasteiger partial charge is 0.00653 e. The number of allylic oxidation sites excluding steroid dienone is 1. The van der Waals surface area contributed by atoms with Crippen LogP contribution in [0.2, 0.25) is 0 Å². The van der Waals surface area contributed by atoms with Crippen LogP contribution in [-0.4, -0.2) is 13.1 Å². The molecule has 0 fully saturated rings. The lowest BCUT2D eigenvalue weighted by Gasteiger charge is -1.81. The zero-order valence-electron chi connectivity index (χ0n) is 6.27. The molecule has 56 valence electrons. The highest BCUT2D eigenvalue weighted by atomic mass is 14.6. The Morgan fingerprint density at radius 1 is 1.33 bits per heavy atom. The van der Waals surface area contributed by atoms with Gasteiger partial charge in [-0.05, 0) is 25.9 Å². The largest absolute Gasteiger partial charge is 0.330 e. The van der Waals surface area contributed by atoms with Crippen LogP contribution in [0.5, 0.6) is 0 Å². The molecule has 2 heteroatoms. The highest BCUT2D eigenvalue weighted by Gasteiger charge is 1.67. The van der Waals surface area contributed by atoms with Crippen molar-refractivity contribution in [1.29, 1.82) is 0 Å². The van der Waals surface area contributed by atoms with Gasteiger partial charge in [0.05, 0.1) is 0 Å². The number of rotatable bonds is 3. The molecule has 0 unspecified atom stereocenters. The van der Waals surface area contributed by atoms with E-state index in [1.54, 1.807) is 0 Å². The molecular weight excluding hydrogens is 112 g/mol. The Bertz CT molecular complexity index is 42.2. The average molecular weight is 130 g/mol. The second-order valence-corrected chi connectivity index (χ2v) is 1.63. The molecule has 2 nitrogen and oxygen atoms in total. The van der Waals surface area contributed by atoms with Crippen LogP contribution in [0.25, 0.3) is 0 Å². The van der Waals surface area contributed by atoms with E-state index in [1.165, 1.54) is 0 Å². The molecule has 0 aromatic heterocycles. The molecule has 0 rings (SSSR count). The molecule has 0 aliphatic carbocycles. The lowest BCUT2D eigenvalue weighted by molar-refractivity contribution is 0.844. The van der Waals surface area contributed by atoms with Crippen molar-refractivity contribution in [2.45, 2.75) is 19.8 Å². The van der Waals surface area contributed by atoms with Crippen LogP contribution >= 0.6 is 0 Å². The summed E-state index contributed by atoms with van der Waals surface area (Å²) in [5.74, 6) is 0. The average Bonchev–Trinajstić information content (AvgIpc) is 1.91. The van der Waals surface area contributed by atoms with Gasteiger partial charge in [-0.2, -0.15) is 0 Å². The van der Waals surface area contributed by atoms with Gasteiger partial charge in [0, 0.05) is 0 Å². The van der Waals surface area contributed by atoms with Crippen LogP contribution in [-0.2, 0) is 0 Å². The fourth-order valence-corrected chi connectivity index (χ4v) is 0.118. The molecule has 0 atom stereocenters. The Morgan fingerprint density at radius 3 is 1.67 bits per heavy atom. The van der Waals surface area contributed by atoms with Crippen LogP contribution in [0, 0.1) is 0 Å². The summed E-state index contributed by atoms with van der Waals surface area (Å²) < 4.78 is 0. The standard InChI is InChI=1S/C4H8.C3H10N2/c1-3-4-2;4-2-1-3-5/h3H,1,4H2,2H3;1-5H2. The van der Waals surface area contributed by atoms with Crippen molar-refractivity contribution in [2.75, 3.05) is 13.1 Å². The molecule has 0 saturated heterocycles. The third-order valence-corrected chi connectivity index (χ3v) is 0.697. The van der Waals surface area contributed by atoms with Gasteiger partial charge in [0.15, 0.2) is 0 Å². The Labute approximate surface area is 57.9 Å². The molecule has 0 spiro atoms. The molecule has 0 radical (unpaired) electrons. The molecule has 0 aromatic carbocycles. The molecule has 0 bridgehead atoms. The first-order valence-electron chi connectivity index (χ1n) is 3.34. The van der Waals surface area contributed by atoms with Gasteiger partial charge in [-0.1, -0.05) is 13.0 Å². The van der Waals surface area contributed by atoms with E-state index in [2.05, 4.69) is 13.5 Å². The zero-order valence-corrected chi connectivity index (χ0v) is 6.27. The fourth-order valence-electron chi connectivity index (χ4n) is 0.118. The van der Waals surface area contributed by atoms with Crippen molar-refractivity contribution in [3.8, 4) is 0 Å². The van der Waals surface area contributed by atoms with Gasteiger partial charge < -0.3 is 11.5 Å². The molecule has 0 saturated carbocycles. The fraction of sp³-hybridized carbons (Fsp3) is 0.714. The molecule has 0 aromatic rings. The molecule has 0 amide bonds. The number of hydrogen-bond donors (Lipinski definition) is 2. The number of hydrogen-bond acceptors (Lipinski definition) is 2. The van der Waals surface area contributed by atoms with Crippen molar-refractivity contribution in [3.63, 3.8) is 0 Å². The van der Waals surface area contributed by atoms with E-state index < -0.39 is 0 Å². The first-order valence-corrected chi connectivity index (χ1v) is 3.34. The minimum absolute atomic E-state index is 0.719. The summed E-state index contributed by atoms with van der Waals surface area (Å²) >= 11 is 0. The maximum absolute atomic E-state index is 5.06. The minimum Gasteiger partial charge on any atom is -0.330 e. The maximum Gasteiger partial charge on any atom is -0.00653 e. The van der Waals surface area contributed by atoms with Gasteiger partial charge in [0.1, 0.15) is 0 Å². The quantitative estimate of drug-likeness (QED) is 0.557. The first kappa shape index (κ1) is 11.5.